The SMILES string of the molecule is CCC1C=IC(C)C1C. The largest absolute Gasteiger partial charge is 0.123 e. The third-order valence-electron chi connectivity index (χ3n) is 2.30. The number of rotatable bonds is 1. The van der Waals surface area contributed by atoms with Crippen LogP contribution in [0.2, 0.25) is 0 Å². The maximum atomic E-state index is 2.61. The number of halogens is 1. The molecular weight excluding hydrogens is 223 g/mol. The quantitative estimate of drug-likeness (QED) is 0.486. The summed E-state index contributed by atoms with van der Waals surface area (Å²) in [5.74, 6) is 1.95. The van der Waals surface area contributed by atoms with Gasteiger partial charge in [-0.2, -0.15) is 0 Å². The molecule has 0 aliphatic carbocycles. The van der Waals surface area contributed by atoms with Gasteiger partial charge in [-0.1, -0.05) is 24.8 Å². The second-order valence-corrected chi connectivity index (χ2v) is 6.26. The molecule has 0 spiro atoms. The fourth-order valence-corrected chi connectivity index (χ4v) is 4.78. The Labute approximate surface area is 67.8 Å². The van der Waals surface area contributed by atoms with E-state index in [1.165, 1.54) is 6.42 Å². The van der Waals surface area contributed by atoms with Crippen molar-refractivity contribution in [1.82, 2.24) is 0 Å². The monoisotopic (exact) mass is 238 g/mol. The van der Waals surface area contributed by atoms with Gasteiger partial charge in [0, 0.05) is 3.92 Å². The molecule has 1 aliphatic heterocycles. The first-order valence-corrected chi connectivity index (χ1v) is 6.20. The summed E-state index contributed by atoms with van der Waals surface area (Å²) in [5, 5.41) is 0. The Bertz CT molecular complexity index is 118. The van der Waals surface area contributed by atoms with Crippen LogP contribution in [-0.4, -0.2) is 7.94 Å². The van der Waals surface area contributed by atoms with E-state index >= 15 is 0 Å². The molecule has 0 radical (unpaired) electrons. The van der Waals surface area contributed by atoms with E-state index in [0.717, 1.165) is 15.8 Å². The topological polar surface area (TPSA) is 0 Å². The highest BCUT2D eigenvalue weighted by Crippen LogP contribution is 2.33. The van der Waals surface area contributed by atoms with Gasteiger partial charge in [-0.05, 0) is 18.3 Å². The maximum Gasteiger partial charge on any atom is 0.00624 e. The average Bonchev–Trinajstić information content (AvgIpc) is 2.15. The van der Waals surface area contributed by atoms with Gasteiger partial charge in [0.05, 0.1) is 0 Å². The average molecular weight is 238 g/mol. The smallest absolute Gasteiger partial charge is 0.00624 e. The minimum absolute atomic E-state index is 0.468. The molecule has 0 bridgehead atoms. The molecule has 0 fully saturated rings. The first-order valence-electron chi connectivity index (χ1n) is 3.71. The van der Waals surface area contributed by atoms with Crippen molar-refractivity contribution in [3.63, 3.8) is 0 Å². The Hall–Kier alpha value is 0.600. The minimum atomic E-state index is 0.468. The molecule has 3 atom stereocenters. The maximum absolute atomic E-state index is 2.61. The van der Waals surface area contributed by atoms with Crippen LogP contribution in [-0.2, 0) is 0 Å². The van der Waals surface area contributed by atoms with E-state index in [9.17, 15) is 0 Å². The third-order valence-corrected chi connectivity index (χ3v) is 5.91. The third kappa shape index (κ3) is 1.54. The van der Waals surface area contributed by atoms with Crippen LogP contribution in [0.1, 0.15) is 27.2 Å². The molecule has 1 heterocycles. The normalized spacial score (nSPS) is 42.8. The van der Waals surface area contributed by atoms with Crippen molar-refractivity contribution in [3.05, 3.63) is 0 Å². The van der Waals surface area contributed by atoms with Gasteiger partial charge in [-0.3, -0.25) is 0 Å². The molecule has 0 aromatic heterocycles. The van der Waals surface area contributed by atoms with Crippen molar-refractivity contribution in [3.8, 4) is 0 Å². The highest BCUT2D eigenvalue weighted by Gasteiger charge is 2.23. The second kappa shape index (κ2) is 3.13. The van der Waals surface area contributed by atoms with E-state index in [1.54, 1.807) is 0 Å². The minimum Gasteiger partial charge on any atom is -0.123 e. The summed E-state index contributed by atoms with van der Waals surface area (Å²) in [6.07, 6.45) is 1.37. The number of alkyl halides is 1. The molecule has 0 nitrogen and oxygen atoms in total. The van der Waals surface area contributed by atoms with Crippen LogP contribution in [0, 0.1) is 11.8 Å². The van der Waals surface area contributed by atoms with Crippen molar-refractivity contribution in [2.24, 2.45) is 11.8 Å². The molecule has 1 heteroatoms. The summed E-state index contributed by atoms with van der Waals surface area (Å²) in [4.78, 5) is 0. The Kier molecular flexibility index (Phi) is 2.68. The van der Waals surface area contributed by atoms with Gasteiger partial charge in [-0.15, -0.1) is 20.7 Å². The molecule has 0 amide bonds. The second-order valence-electron chi connectivity index (χ2n) is 2.86. The molecule has 54 valence electrons. The van der Waals surface area contributed by atoms with Crippen molar-refractivity contribution >= 4 is 24.7 Å². The first kappa shape index (κ1) is 7.70. The zero-order chi connectivity index (χ0) is 6.85. The Morgan fingerprint density at radius 3 is 2.33 bits per heavy atom. The van der Waals surface area contributed by atoms with Gasteiger partial charge in [0.15, 0.2) is 0 Å². The Balaban J connectivity index is 2.51. The lowest BCUT2D eigenvalue weighted by atomic mass is 9.92. The van der Waals surface area contributed by atoms with E-state index in [-0.39, 0.29) is 0 Å². The molecule has 0 N–H and O–H groups in total. The van der Waals surface area contributed by atoms with E-state index in [2.05, 4.69) is 24.8 Å². The molecular formula is C8H15I. The molecule has 3 unspecified atom stereocenters. The summed E-state index contributed by atoms with van der Waals surface area (Å²) >= 11 is 0.468. The summed E-state index contributed by atoms with van der Waals surface area (Å²) in [6, 6.07) is 0. The molecule has 0 aromatic rings. The number of hydrogen-bond donors (Lipinski definition) is 0. The zero-order valence-electron chi connectivity index (χ0n) is 6.39. The first-order chi connectivity index (χ1) is 4.25. The van der Waals surface area contributed by atoms with Gasteiger partial charge in [0.2, 0.25) is 0 Å². The molecule has 1 rings (SSSR count). The fourth-order valence-electron chi connectivity index (χ4n) is 1.24. The zero-order valence-corrected chi connectivity index (χ0v) is 8.55. The number of hydrogen-bond acceptors (Lipinski definition) is 0. The van der Waals surface area contributed by atoms with Crippen molar-refractivity contribution in [2.45, 2.75) is 31.1 Å². The lowest BCUT2D eigenvalue weighted by molar-refractivity contribution is 0.463. The fraction of sp³-hybridized carbons (Fsp3) is 0.875. The Morgan fingerprint density at radius 1 is 1.44 bits per heavy atom. The molecule has 0 aromatic carbocycles. The molecule has 9 heavy (non-hydrogen) atoms. The van der Waals surface area contributed by atoms with Crippen LogP contribution in [0.4, 0.5) is 0 Å². The summed E-state index contributed by atoms with van der Waals surface area (Å²) in [7, 11) is 0. The standard InChI is InChI=1S/C8H15I/c1-4-8-5-9-7(3)6(8)2/h5-8H,4H2,1-3H3. The van der Waals surface area contributed by atoms with Crippen LogP contribution < -0.4 is 0 Å². The predicted molar refractivity (Wildman–Crippen MR) is 52.5 cm³/mol. The summed E-state index contributed by atoms with van der Waals surface area (Å²) in [5.41, 5.74) is 0. The lowest BCUT2D eigenvalue weighted by Gasteiger charge is -2.14. The van der Waals surface area contributed by atoms with E-state index in [1.807, 2.05) is 0 Å². The Morgan fingerprint density at radius 2 is 2.11 bits per heavy atom. The van der Waals surface area contributed by atoms with Crippen LogP contribution in [0.25, 0.3) is 0 Å². The van der Waals surface area contributed by atoms with Crippen LogP contribution in [0.5, 0.6) is 0 Å². The summed E-state index contributed by atoms with van der Waals surface area (Å²) < 4.78 is 3.66. The van der Waals surface area contributed by atoms with Crippen LogP contribution in [0.3, 0.4) is 0 Å². The van der Waals surface area contributed by atoms with Gasteiger partial charge in [-0.25, -0.2) is 0 Å². The van der Waals surface area contributed by atoms with E-state index < -0.39 is 0 Å². The van der Waals surface area contributed by atoms with E-state index in [0.29, 0.717) is 20.7 Å². The molecule has 1 aliphatic rings. The van der Waals surface area contributed by atoms with Crippen molar-refractivity contribution < 1.29 is 0 Å². The van der Waals surface area contributed by atoms with Gasteiger partial charge < -0.3 is 0 Å². The highest BCUT2D eigenvalue weighted by atomic mass is 127. The molecule has 0 saturated heterocycles. The van der Waals surface area contributed by atoms with Crippen molar-refractivity contribution in [1.29, 1.82) is 0 Å². The van der Waals surface area contributed by atoms with Crippen LogP contribution in [0.15, 0.2) is 0 Å². The van der Waals surface area contributed by atoms with Crippen LogP contribution >= 0.6 is 20.7 Å². The van der Waals surface area contributed by atoms with Crippen molar-refractivity contribution in [2.75, 3.05) is 0 Å². The lowest BCUT2D eigenvalue weighted by Crippen LogP contribution is -2.13. The van der Waals surface area contributed by atoms with Gasteiger partial charge in [0.1, 0.15) is 0 Å². The highest BCUT2D eigenvalue weighted by molar-refractivity contribution is 14.2. The van der Waals surface area contributed by atoms with Gasteiger partial charge >= 0.3 is 0 Å². The predicted octanol–water partition coefficient (Wildman–Crippen LogP) is 2.82. The molecule has 0 saturated carbocycles. The summed E-state index contributed by atoms with van der Waals surface area (Å²) in [6.45, 7) is 7.12. The van der Waals surface area contributed by atoms with E-state index in [4.69, 9.17) is 0 Å². The van der Waals surface area contributed by atoms with Gasteiger partial charge in [0.25, 0.3) is 0 Å².